The normalized spacial score (nSPS) is 9.69. The molecule has 0 atom stereocenters. The van der Waals surface area contributed by atoms with E-state index in [-0.39, 0.29) is 11.8 Å². The van der Waals surface area contributed by atoms with E-state index in [4.69, 9.17) is 0 Å². The van der Waals surface area contributed by atoms with Gasteiger partial charge in [0.15, 0.2) is 0 Å². The Kier molecular flexibility index (Phi) is 4.01. The van der Waals surface area contributed by atoms with Gasteiger partial charge in [0.1, 0.15) is 0 Å². The molecule has 2 amide bonds. The van der Waals surface area contributed by atoms with Crippen molar-refractivity contribution < 1.29 is 9.59 Å². The van der Waals surface area contributed by atoms with Crippen LogP contribution < -0.4 is 0 Å². The molecule has 3 nitrogen and oxygen atoms in total. The number of carbonyl (C=O) groups is 2. The number of amides is 2. The van der Waals surface area contributed by atoms with Crippen molar-refractivity contribution >= 4 is 27.7 Å². The predicted octanol–water partition coefficient (Wildman–Crippen LogP) is 2.62. The fourth-order valence-electron chi connectivity index (χ4n) is 1.19. The van der Waals surface area contributed by atoms with Gasteiger partial charge in [-0.05, 0) is 35.0 Å². The molecule has 0 spiro atoms. The summed E-state index contributed by atoms with van der Waals surface area (Å²) >= 11 is 3.27. The van der Waals surface area contributed by atoms with E-state index in [1.54, 1.807) is 31.2 Å². The zero-order valence-corrected chi connectivity index (χ0v) is 10.7. The van der Waals surface area contributed by atoms with Crippen LogP contribution in [-0.4, -0.2) is 23.8 Å². The van der Waals surface area contributed by atoms with Crippen LogP contribution >= 0.6 is 15.9 Å². The van der Waals surface area contributed by atoms with E-state index in [0.717, 1.165) is 4.90 Å². The number of imide groups is 1. The molecule has 1 rings (SSSR count). The van der Waals surface area contributed by atoms with E-state index >= 15 is 0 Å². The Bertz CT molecular complexity index is 454. The number of hydrogen-bond donors (Lipinski definition) is 0. The lowest BCUT2D eigenvalue weighted by atomic mass is 10.2. The van der Waals surface area contributed by atoms with Crippen LogP contribution in [-0.2, 0) is 4.79 Å². The van der Waals surface area contributed by atoms with Crippen molar-refractivity contribution in [2.75, 3.05) is 7.05 Å². The third kappa shape index (κ3) is 2.58. The molecule has 0 aromatic heterocycles. The fourth-order valence-corrected chi connectivity index (χ4v) is 1.65. The van der Waals surface area contributed by atoms with Gasteiger partial charge in [-0.15, -0.1) is 0 Å². The first-order valence-electron chi connectivity index (χ1n) is 4.67. The summed E-state index contributed by atoms with van der Waals surface area (Å²) in [6.45, 7) is 5.10. The molecule has 0 aliphatic rings. The second-order valence-corrected chi connectivity index (χ2v) is 4.28. The molecule has 84 valence electrons. The highest BCUT2D eigenvalue weighted by molar-refractivity contribution is 9.10. The van der Waals surface area contributed by atoms with Crippen LogP contribution in [0.15, 0.2) is 40.9 Å². The van der Waals surface area contributed by atoms with Gasteiger partial charge in [0, 0.05) is 17.1 Å². The van der Waals surface area contributed by atoms with Gasteiger partial charge in [0.25, 0.3) is 11.8 Å². The molecule has 0 bridgehead atoms. The molecule has 1 aromatic carbocycles. The highest BCUT2D eigenvalue weighted by atomic mass is 79.9. The molecule has 0 saturated carbocycles. The molecule has 0 radical (unpaired) electrons. The average Bonchev–Trinajstić information content (AvgIpc) is 2.26. The molecule has 0 saturated heterocycles. The Balaban J connectivity index is 3.00. The maximum absolute atomic E-state index is 11.9. The average molecular weight is 282 g/mol. The van der Waals surface area contributed by atoms with E-state index in [2.05, 4.69) is 22.5 Å². The number of likely N-dealkylation sites (N-methyl/N-ethyl adjacent to an activating group) is 1. The maximum atomic E-state index is 11.9. The second-order valence-electron chi connectivity index (χ2n) is 3.43. The van der Waals surface area contributed by atoms with Crippen molar-refractivity contribution in [3.05, 3.63) is 46.5 Å². The van der Waals surface area contributed by atoms with E-state index < -0.39 is 0 Å². The molecule has 16 heavy (non-hydrogen) atoms. The number of halogens is 1. The first-order chi connectivity index (χ1) is 7.45. The molecule has 0 heterocycles. The monoisotopic (exact) mass is 281 g/mol. The molecule has 0 fully saturated rings. The highest BCUT2D eigenvalue weighted by Gasteiger charge is 2.20. The van der Waals surface area contributed by atoms with Crippen LogP contribution in [0.1, 0.15) is 17.3 Å². The Morgan fingerprint density at radius 1 is 1.31 bits per heavy atom. The predicted molar refractivity (Wildman–Crippen MR) is 66.1 cm³/mol. The van der Waals surface area contributed by atoms with Crippen LogP contribution in [0, 0.1) is 0 Å². The van der Waals surface area contributed by atoms with Crippen LogP contribution in [0.5, 0.6) is 0 Å². The summed E-state index contributed by atoms with van der Waals surface area (Å²) in [7, 11) is 1.44. The largest absolute Gasteiger partial charge is 0.278 e. The number of hydrogen-bond acceptors (Lipinski definition) is 2. The summed E-state index contributed by atoms with van der Waals surface area (Å²) in [5, 5.41) is 0. The SMILES string of the molecule is C=C(C)C(=O)N(C)C(=O)c1ccccc1Br. The minimum absolute atomic E-state index is 0.336. The topological polar surface area (TPSA) is 37.4 Å². The van der Waals surface area contributed by atoms with Gasteiger partial charge in [-0.1, -0.05) is 18.7 Å². The van der Waals surface area contributed by atoms with Crippen LogP contribution in [0.2, 0.25) is 0 Å². The summed E-state index contributed by atoms with van der Waals surface area (Å²) in [6.07, 6.45) is 0. The lowest BCUT2D eigenvalue weighted by molar-refractivity contribution is -0.123. The lowest BCUT2D eigenvalue weighted by Crippen LogP contribution is -2.33. The summed E-state index contributed by atoms with van der Waals surface area (Å²) < 4.78 is 0.668. The zero-order valence-electron chi connectivity index (χ0n) is 9.16. The number of carbonyl (C=O) groups excluding carboxylic acids is 2. The van der Waals surface area contributed by atoms with E-state index in [0.29, 0.717) is 15.6 Å². The van der Waals surface area contributed by atoms with Gasteiger partial charge < -0.3 is 0 Å². The standard InChI is InChI=1S/C12H12BrNO2/c1-8(2)11(15)14(3)12(16)9-6-4-5-7-10(9)13/h4-7H,1H2,2-3H3. The van der Waals surface area contributed by atoms with Gasteiger partial charge in [-0.2, -0.15) is 0 Å². The summed E-state index contributed by atoms with van der Waals surface area (Å²) in [4.78, 5) is 24.6. The second kappa shape index (κ2) is 5.07. The van der Waals surface area contributed by atoms with Crippen molar-refractivity contribution in [3.8, 4) is 0 Å². The third-order valence-electron chi connectivity index (χ3n) is 2.08. The summed E-state index contributed by atoms with van der Waals surface area (Å²) in [6, 6.07) is 6.97. The zero-order chi connectivity index (χ0) is 12.3. The molecule has 0 aliphatic carbocycles. The fraction of sp³-hybridized carbons (Fsp3) is 0.167. The van der Waals surface area contributed by atoms with Crippen molar-refractivity contribution in [2.45, 2.75) is 6.92 Å². The minimum atomic E-state index is -0.374. The molecule has 0 unspecified atom stereocenters. The third-order valence-corrected chi connectivity index (χ3v) is 2.77. The smallest absolute Gasteiger partial charge is 0.261 e. The highest BCUT2D eigenvalue weighted by Crippen LogP contribution is 2.17. The minimum Gasteiger partial charge on any atom is -0.278 e. The van der Waals surface area contributed by atoms with Crippen molar-refractivity contribution in [2.24, 2.45) is 0 Å². The van der Waals surface area contributed by atoms with Gasteiger partial charge in [-0.25, -0.2) is 0 Å². The van der Waals surface area contributed by atoms with Gasteiger partial charge >= 0.3 is 0 Å². The Labute approximate surface area is 103 Å². The van der Waals surface area contributed by atoms with Gasteiger partial charge in [-0.3, -0.25) is 14.5 Å². The van der Waals surface area contributed by atoms with Crippen LogP contribution in [0.25, 0.3) is 0 Å². The summed E-state index contributed by atoms with van der Waals surface area (Å²) in [5.41, 5.74) is 0.794. The van der Waals surface area contributed by atoms with Crippen LogP contribution in [0.3, 0.4) is 0 Å². The molecular formula is C12H12BrNO2. The first kappa shape index (κ1) is 12.6. The summed E-state index contributed by atoms with van der Waals surface area (Å²) in [5.74, 6) is -0.721. The lowest BCUT2D eigenvalue weighted by Gasteiger charge is -2.15. The van der Waals surface area contributed by atoms with Crippen molar-refractivity contribution in [1.29, 1.82) is 0 Å². The molecule has 0 N–H and O–H groups in total. The quantitative estimate of drug-likeness (QED) is 0.782. The van der Waals surface area contributed by atoms with Crippen LogP contribution in [0.4, 0.5) is 0 Å². The number of benzene rings is 1. The molecule has 1 aromatic rings. The molecule has 4 heteroatoms. The van der Waals surface area contributed by atoms with Crippen molar-refractivity contribution in [3.63, 3.8) is 0 Å². The Morgan fingerprint density at radius 2 is 1.88 bits per heavy atom. The van der Waals surface area contributed by atoms with E-state index in [1.807, 2.05) is 0 Å². The number of nitrogens with zero attached hydrogens (tertiary/aromatic N) is 1. The van der Waals surface area contributed by atoms with Gasteiger partial charge in [0.05, 0.1) is 5.56 Å². The van der Waals surface area contributed by atoms with Gasteiger partial charge in [0.2, 0.25) is 0 Å². The van der Waals surface area contributed by atoms with E-state index in [1.165, 1.54) is 7.05 Å². The van der Waals surface area contributed by atoms with Crippen molar-refractivity contribution in [1.82, 2.24) is 4.90 Å². The maximum Gasteiger partial charge on any atom is 0.261 e. The molecule has 0 aliphatic heterocycles. The number of rotatable bonds is 2. The van der Waals surface area contributed by atoms with E-state index in [9.17, 15) is 9.59 Å². The molecular weight excluding hydrogens is 270 g/mol. The Hall–Kier alpha value is -1.42. The Morgan fingerprint density at radius 3 is 2.38 bits per heavy atom. The first-order valence-corrected chi connectivity index (χ1v) is 5.47.